The summed E-state index contributed by atoms with van der Waals surface area (Å²) >= 11 is 0. The maximum atomic E-state index is 3.99. The van der Waals surface area contributed by atoms with Gasteiger partial charge in [-0.2, -0.15) is 0 Å². The Balaban J connectivity index is 2.99. The fourth-order valence-electron chi connectivity index (χ4n) is 2.80. The van der Waals surface area contributed by atoms with Crippen molar-refractivity contribution in [3.63, 3.8) is 0 Å². The van der Waals surface area contributed by atoms with Gasteiger partial charge >= 0.3 is 0 Å². The smallest absolute Gasteiger partial charge is 0.00752 e. The fourth-order valence-corrected chi connectivity index (χ4v) is 2.80. The Morgan fingerprint density at radius 3 is 1.76 bits per heavy atom. The molecule has 0 radical (unpaired) electrons. The van der Waals surface area contributed by atoms with Gasteiger partial charge in [0, 0.05) is 0 Å². The molecule has 1 atom stereocenters. The molecule has 1 aromatic rings. The van der Waals surface area contributed by atoms with Crippen LogP contribution in [0.1, 0.15) is 47.2 Å². The molecule has 0 amide bonds. The van der Waals surface area contributed by atoms with Crippen molar-refractivity contribution in [2.75, 3.05) is 0 Å². The summed E-state index contributed by atoms with van der Waals surface area (Å²) in [6.45, 7) is 16.2. The van der Waals surface area contributed by atoms with E-state index >= 15 is 0 Å². The van der Waals surface area contributed by atoms with Crippen LogP contribution in [0.2, 0.25) is 0 Å². The Morgan fingerprint density at radius 2 is 1.29 bits per heavy atom. The molecule has 0 heterocycles. The first-order chi connectivity index (χ1) is 10.2. The van der Waals surface area contributed by atoms with Crippen LogP contribution in [0.25, 0.3) is 36.5 Å². The van der Waals surface area contributed by atoms with E-state index in [9.17, 15) is 0 Å². The molecular weight excluding hydrogens is 252 g/mol. The second-order valence-electron chi connectivity index (χ2n) is 5.17. The van der Waals surface area contributed by atoms with E-state index < -0.39 is 0 Å². The first kappa shape index (κ1) is 15.1. The van der Waals surface area contributed by atoms with Crippen LogP contribution >= 0.6 is 0 Å². The fraction of sp³-hybridized carbons (Fsp3) is 0.143. The summed E-state index contributed by atoms with van der Waals surface area (Å²) in [6, 6.07) is 0. The lowest BCUT2D eigenvalue weighted by Crippen LogP contribution is -1.99. The normalized spacial score (nSPS) is 16.6. The van der Waals surface area contributed by atoms with Gasteiger partial charge in [0.1, 0.15) is 0 Å². The molecule has 0 spiro atoms. The molecule has 106 valence electrons. The number of benzene rings is 1. The van der Waals surface area contributed by atoms with Gasteiger partial charge in [-0.05, 0) is 46.2 Å². The van der Waals surface area contributed by atoms with E-state index in [1.165, 1.54) is 16.7 Å². The third kappa shape index (κ3) is 2.62. The van der Waals surface area contributed by atoms with Gasteiger partial charge in [-0.3, -0.25) is 0 Å². The van der Waals surface area contributed by atoms with E-state index in [2.05, 4.69) is 63.1 Å². The van der Waals surface area contributed by atoms with Crippen molar-refractivity contribution in [2.24, 2.45) is 5.92 Å². The van der Waals surface area contributed by atoms with Crippen LogP contribution in [0.4, 0.5) is 0 Å². The van der Waals surface area contributed by atoms with Crippen molar-refractivity contribution >= 4 is 36.5 Å². The Labute approximate surface area is 128 Å². The zero-order chi connectivity index (χ0) is 15.4. The number of fused-ring (bicyclic) bond motifs is 1. The summed E-state index contributed by atoms with van der Waals surface area (Å²) in [5.74, 6) is 0.424. The second-order valence-corrected chi connectivity index (χ2v) is 5.17. The van der Waals surface area contributed by atoms with Gasteiger partial charge in [-0.15, -0.1) is 0 Å². The zero-order valence-corrected chi connectivity index (χ0v) is 12.9. The second kappa shape index (κ2) is 6.41. The first-order valence-corrected chi connectivity index (χ1v) is 7.28. The summed E-state index contributed by atoms with van der Waals surface area (Å²) in [5.41, 5.74) is 6.96. The van der Waals surface area contributed by atoms with E-state index in [0.29, 0.717) is 5.92 Å². The lowest BCUT2D eigenvalue weighted by atomic mass is 9.86. The quantitative estimate of drug-likeness (QED) is 0.602. The average molecular weight is 274 g/mol. The third-order valence-corrected chi connectivity index (χ3v) is 3.82. The summed E-state index contributed by atoms with van der Waals surface area (Å²) in [6.07, 6.45) is 18.8. The molecule has 0 saturated carbocycles. The molecule has 0 heteroatoms. The highest BCUT2D eigenvalue weighted by atomic mass is 14.2. The Morgan fingerprint density at radius 1 is 0.810 bits per heavy atom. The summed E-state index contributed by atoms with van der Waals surface area (Å²) in [7, 11) is 0. The van der Waals surface area contributed by atoms with Gasteiger partial charge < -0.3 is 0 Å². The van der Waals surface area contributed by atoms with E-state index in [0.717, 1.165) is 16.7 Å². The lowest BCUT2D eigenvalue weighted by Gasteiger charge is -2.18. The minimum absolute atomic E-state index is 0.424. The number of hydrogen-bond donors (Lipinski definition) is 0. The predicted octanol–water partition coefficient (Wildman–Crippen LogP) is 6.32. The van der Waals surface area contributed by atoms with Crippen molar-refractivity contribution in [3.05, 3.63) is 71.3 Å². The lowest BCUT2D eigenvalue weighted by molar-refractivity contribution is 0.954. The molecule has 0 aromatic heterocycles. The van der Waals surface area contributed by atoms with E-state index in [1.54, 1.807) is 0 Å². The molecule has 1 aromatic carbocycles. The maximum Gasteiger partial charge on any atom is -0.00752 e. The Kier molecular flexibility index (Phi) is 4.59. The third-order valence-electron chi connectivity index (χ3n) is 3.82. The summed E-state index contributed by atoms with van der Waals surface area (Å²) in [4.78, 5) is 0. The molecule has 0 saturated heterocycles. The standard InChI is InChI=1S/C21H22/c1-6-10-19-17(8-3)16(7-2)18(9-4)20-13-11-15(5)12-14-21(19)20/h6-15H,2-4H2,1,5H3/b10-6-. The minimum Gasteiger partial charge on any atom is -0.0984 e. The van der Waals surface area contributed by atoms with E-state index in [1.807, 2.05) is 25.2 Å². The molecular formula is C21H22. The Bertz CT molecular complexity index is 679. The highest BCUT2D eigenvalue weighted by Crippen LogP contribution is 2.35. The number of hydrogen-bond acceptors (Lipinski definition) is 0. The van der Waals surface area contributed by atoms with Crippen molar-refractivity contribution in [1.82, 2.24) is 0 Å². The molecule has 21 heavy (non-hydrogen) atoms. The predicted molar refractivity (Wildman–Crippen MR) is 98.7 cm³/mol. The van der Waals surface area contributed by atoms with Crippen LogP contribution in [0.15, 0.2) is 38.0 Å². The zero-order valence-electron chi connectivity index (χ0n) is 12.9. The first-order valence-electron chi connectivity index (χ1n) is 7.28. The molecule has 1 aliphatic carbocycles. The molecule has 0 fully saturated rings. The van der Waals surface area contributed by atoms with Gasteiger partial charge in [0.15, 0.2) is 0 Å². The van der Waals surface area contributed by atoms with Crippen LogP contribution in [0.3, 0.4) is 0 Å². The molecule has 0 bridgehead atoms. The topological polar surface area (TPSA) is 0 Å². The molecule has 0 nitrogen and oxygen atoms in total. The molecule has 0 aliphatic heterocycles. The van der Waals surface area contributed by atoms with Gasteiger partial charge in [0.2, 0.25) is 0 Å². The van der Waals surface area contributed by atoms with E-state index in [4.69, 9.17) is 0 Å². The summed E-state index contributed by atoms with van der Waals surface area (Å²) in [5, 5.41) is 0. The van der Waals surface area contributed by atoms with Crippen LogP contribution < -0.4 is 0 Å². The van der Waals surface area contributed by atoms with Crippen LogP contribution in [-0.4, -0.2) is 0 Å². The monoisotopic (exact) mass is 274 g/mol. The van der Waals surface area contributed by atoms with Crippen molar-refractivity contribution in [1.29, 1.82) is 0 Å². The van der Waals surface area contributed by atoms with Gasteiger partial charge in [-0.1, -0.05) is 81.3 Å². The average Bonchev–Trinajstić information content (AvgIpc) is 2.69. The highest BCUT2D eigenvalue weighted by Gasteiger charge is 2.17. The maximum absolute atomic E-state index is 3.99. The molecule has 0 N–H and O–H groups in total. The van der Waals surface area contributed by atoms with E-state index in [-0.39, 0.29) is 0 Å². The molecule has 2 rings (SSSR count). The van der Waals surface area contributed by atoms with Crippen molar-refractivity contribution in [2.45, 2.75) is 13.8 Å². The molecule has 1 unspecified atom stereocenters. The minimum atomic E-state index is 0.424. The van der Waals surface area contributed by atoms with Gasteiger partial charge in [-0.25, -0.2) is 0 Å². The number of rotatable bonds is 4. The summed E-state index contributed by atoms with van der Waals surface area (Å²) < 4.78 is 0. The van der Waals surface area contributed by atoms with Crippen LogP contribution in [-0.2, 0) is 0 Å². The molecule has 1 aliphatic rings. The van der Waals surface area contributed by atoms with Gasteiger partial charge in [0.05, 0.1) is 0 Å². The number of allylic oxidation sites excluding steroid dienone is 3. The van der Waals surface area contributed by atoms with Crippen LogP contribution in [0.5, 0.6) is 0 Å². The van der Waals surface area contributed by atoms with Crippen molar-refractivity contribution in [3.8, 4) is 0 Å². The van der Waals surface area contributed by atoms with Crippen molar-refractivity contribution < 1.29 is 0 Å². The van der Waals surface area contributed by atoms with Gasteiger partial charge in [0.25, 0.3) is 0 Å². The SMILES string of the molecule is C=Cc1c(C=C)c(C=C)c(/C=C\C)c2c1C=CC(C)C=C2. The largest absolute Gasteiger partial charge is 0.0984 e. The highest BCUT2D eigenvalue weighted by molar-refractivity contribution is 5.90. The van der Waals surface area contributed by atoms with Crippen LogP contribution in [0, 0.1) is 5.92 Å². The Hall–Kier alpha value is -2.34.